The van der Waals surface area contributed by atoms with Crippen LogP contribution in [0.4, 0.5) is 0 Å². The first kappa shape index (κ1) is 18.4. The average Bonchev–Trinajstić information content (AvgIpc) is 2.59. The molecule has 0 aromatic heterocycles. The summed E-state index contributed by atoms with van der Waals surface area (Å²) in [5.74, 6) is 0.787. The van der Waals surface area contributed by atoms with Crippen LogP contribution in [0.25, 0.3) is 0 Å². The Labute approximate surface area is 153 Å². The summed E-state index contributed by atoms with van der Waals surface area (Å²) in [7, 11) is -2.46. The van der Waals surface area contributed by atoms with E-state index in [2.05, 4.69) is 88.4 Å². The minimum absolute atomic E-state index is 0.00631. The predicted molar refractivity (Wildman–Crippen MR) is 107 cm³/mol. The predicted octanol–water partition coefficient (Wildman–Crippen LogP) is 3.58. The second kappa shape index (κ2) is 7.06. The number of aliphatic hydroxyl groups is 1. The molecule has 134 valence electrons. The van der Waals surface area contributed by atoms with Gasteiger partial charge < -0.3 is 9.53 Å². The SMILES string of the molecule is C[C@@H]1C[C@H](O)[C@@H]1CO[Si](c1ccccc1)(c1ccccc1)C(C)(C)C. The molecule has 1 aliphatic carbocycles. The largest absolute Gasteiger partial charge is 0.407 e. The Morgan fingerprint density at radius 3 is 1.80 bits per heavy atom. The zero-order chi connectivity index (χ0) is 18.1. The molecule has 1 saturated carbocycles. The molecule has 3 atom stereocenters. The second-order valence-corrected chi connectivity index (χ2v) is 12.7. The molecule has 3 rings (SSSR count). The number of aliphatic hydroxyl groups excluding tert-OH is 1. The highest BCUT2D eigenvalue weighted by Crippen LogP contribution is 2.40. The van der Waals surface area contributed by atoms with Crippen LogP contribution in [0.1, 0.15) is 34.1 Å². The van der Waals surface area contributed by atoms with Crippen LogP contribution in [0, 0.1) is 11.8 Å². The number of rotatable bonds is 5. The first-order valence-electron chi connectivity index (χ1n) is 9.29. The van der Waals surface area contributed by atoms with Gasteiger partial charge in [0.2, 0.25) is 0 Å². The lowest BCUT2D eigenvalue weighted by atomic mass is 9.73. The maximum Gasteiger partial charge on any atom is 0.261 e. The van der Waals surface area contributed by atoms with Gasteiger partial charge in [0.05, 0.1) is 6.10 Å². The van der Waals surface area contributed by atoms with Gasteiger partial charge in [0.15, 0.2) is 0 Å². The Kier molecular flexibility index (Phi) is 5.19. The summed E-state index contributed by atoms with van der Waals surface area (Å²) in [5.41, 5.74) is 0. The molecule has 0 saturated heterocycles. The molecule has 3 heteroatoms. The molecule has 0 aliphatic heterocycles. The fraction of sp³-hybridized carbons (Fsp3) is 0.455. The highest BCUT2D eigenvalue weighted by molar-refractivity contribution is 6.99. The zero-order valence-electron chi connectivity index (χ0n) is 15.8. The van der Waals surface area contributed by atoms with Gasteiger partial charge in [0, 0.05) is 12.5 Å². The van der Waals surface area contributed by atoms with Crippen molar-refractivity contribution in [3.63, 3.8) is 0 Å². The molecule has 0 radical (unpaired) electrons. The second-order valence-electron chi connectivity index (χ2n) is 8.42. The van der Waals surface area contributed by atoms with Crippen molar-refractivity contribution in [2.45, 2.75) is 45.3 Å². The van der Waals surface area contributed by atoms with E-state index >= 15 is 0 Å². The number of hydrogen-bond acceptors (Lipinski definition) is 2. The van der Waals surface area contributed by atoms with Crippen LogP contribution < -0.4 is 10.4 Å². The fourth-order valence-corrected chi connectivity index (χ4v) is 8.77. The van der Waals surface area contributed by atoms with Crippen molar-refractivity contribution in [2.75, 3.05) is 6.61 Å². The van der Waals surface area contributed by atoms with E-state index in [0.29, 0.717) is 12.5 Å². The summed E-state index contributed by atoms with van der Waals surface area (Å²) in [4.78, 5) is 0. The molecule has 2 aromatic rings. The van der Waals surface area contributed by atoms with Gasteiger partial charge in [-0.05, 0) is 27.8 Å². The van der Waals surface area contributed by atoms with E-state index in [0.717, 1.165) is 6.42 Å². The summed E-state index contributed by atoms with van der Waals surface area (Å²) < 4.78 is 6.89. The first-order valence-corrected chi connectivity index (χ1v) is 11.2. The average molecular weight is 355 g/mol. The standard InChI is InChI=1S/C22H30O2Si/c1-17-15-21(23)20(17)16-24-25(22(2,3)4,18-11-7-5-8-12-18)19-13-9-6-10-14-19/h5-14,17,20-21,23H,15-16H2,1-4H3/t17-,20-,21+/m1/s1. The summed E-state index contributed by atoms with van der Waals surface area (Å²) in [6, 6.07) is 21.4. The Morgan fingerprint density at radius 2 is 1.44 bits per heavy atom. The molecular formula is C22H30O2Si. The van der Waals surface area contributed by atoms with Crippen molar-refractivity contribution in [1.29, 1.82) is 0 Å². The van der Waals surface area contributed by atoms with Gasteiger partial charge in [0.25, 0.3) is 8.32 Å². The minimum atomic E-state index is -2.46. The van der Waals surface area contributed by atoms with Crippen LogP contribution in [0.3, 0.4) is 0 Å². The van der Waals surface area contributed by atoms with Gasteiger partial charge in [-0.2, -0.15) is 0 Å². The highest BCUT2D eigenvalue weighted by Gasteiger charge is 2.51. The van der Waals surface area contributed by atoms with Crippen LogP contribution in [-0.2, 0) is 4.43 Å². The van der Waals surface area contributed by atoms with Gasteiger partial charge in [-0.1, -0.05) is 88.4 Å². The lowest BCUT2D eigenvalue weighted by molar-refractivity contribution is -0.0486. The van der Waals surface area contributed by atoms with Gasteiger partial charge in [-0.3, -0.25) is 0 Å². The molecule has 1 fully saturated rings. The van der Waals surface area contributed by atoms with Crippen molar-refractivity contribution in [2.24, 2.45) is 11.8 Å². The highest BCUT2D eigenvalue weighted by atomic mass is 28.4. The zero-order valence-corrected chi connectivity index (χ0v) is 16.8. The fourth-order valence-electron chi connectivity index (χ4n) is 4.17. The van der Waals surface area contributed by atoms with Crippen molar-refractivity contribution < 1.29 is 9.53 Å². The van der Waals surface area contributed by atoms with E-state index in [4.69, 9.17) is 4.43 Å². The summed E-state index contributed by atoms with van der Waals surface area (Å²) in [6.07, 6.45) is 0.683. The third kappa shape index (κ3) is 3.33. The lowest BCUT2D eigenvalue weighted by Crippen LogP contribution is -2.67. The molecular weight excluding hydrogens is 324 g/mol. The van der Waals surface area contributed by atoms with Crippen LogP contribution in [-0.4, -0.2) is 26.1 Å². The van der Waals surface area contributed by atoms with Gasteiger partial charge in [-0.15, -0.1) is 0 Å². The van der Waals surface area contributed by atoms with Crippen LogP contribution in [0.5, 0.6) is 0 Å². The Balaban J connectivity index is 2.06. The molecule has 0 amide bonds. The first-order chi connectivity index (χ1) is 11.9. The molecule has 0 bridgehead atoms. The van der Waals surface area contributed by atoms with Crippen molar-refractivity contribution in [3.05, 3.63) is 60.7 Å². The Hall–Kier alpha value is -1.42. The maximum atomic E-state index is 10.2. The quantitative estimate of drug-likeness (QED) is 0.832. The van der Waals surface area contributed by atoms with E-state index in [9.17, 15) is 5.11 Å². The van der Waals surface area contributed by atoms with Crippen molar-refractivity contribution in [1.82, 2.24) is 0 Å². The van der Waals surface area contributed by atoms with Crippen molar-refractivity contribution in [3.8, 4) is 0 Å². The molecule has 0 unspecified atom stereocenters. The van der Waals surface area contributed by atoms with Crippen LogP contribution >= 0.6 is 0 Å². The van der Waals surface area contributed by atoms with E-state index in [1.807, 2.05) is 0 Å². The van der Waals surface area contributed by atoms with E-state index < -0.39 is 8.32 Å². The van der Waals surface area contributed by atoms with E-state index in [-0.39, 0.29) is 17.1 Å². The molecule has 1 aliphatic rings. The number of benzene rings is 2. The van der Waals surface area contributed by atoms with Gasteiger partial charge in [0.1, 0.15) is 0 Å². The molecule has 0 spiro atoms. The molecule has 1 N–H and O–H groups in total. The molecule has 2 aromatic carbocycles. The molecule has 25 heavy (non-hydrogen) atoms. The third-order valence-corrected chi connectivity index (χ3v) is 10.8. The minimum Gasteiger partial charge on any atom is -0.407 e. The van der Waals surface area contributed by atoms with Crippen LogP contribution in [0.15, 0.2) is 60.7 Å². The maximum absolute atomic E-state index is 10.2. The van der Waals surface area contributed by atoms with Crippen LogP contribution in [0.2, 0.25) is 5.04 Å². The van der Waals surface area contributed by atoms with E-state index in [1.54, 1.807) is 0 Å². The van der Waals surface area contributed by atoms with E-state index in [1.165, 1.54) is 10.4 Å². The Bertz CT molecular complexity index is 631. The smallest absolute Gasteiger partial charge is 0.261 e. The molecule has 2 nitrogen and oxygen atoms in total. The monoisotopic (exact) mass is 354 g/mol. The summed E-state index contributed by atoms with van der Waals surface area (Å²) in [5, 5.41) is 12.8. The lowest BCUT2D eigenvalue weighted by Gasteiger charge is -2.46. The number of hydrogen-bond donors (Lipinski definition) is 1. The van der Waals surface area contributed by atoms with Crippen molar-refractivity contribution >= 4 is 18.7 Å². The normalized spacial score (nSPS) is 24.0. The van der Waals surface area contributed by atoms with Gasteiger partial charge >= 0.3 is 0 Å². The van der Waals surface area contributed by atoms with Gasteiger partial charge in [-0.25, -0.2) is 0 Å². The summed E-state index contributed by atoms with van der Waals surface area (Å²) >= 11 is 0. The topological polar surface area (TPSA) is 29.5 Å². The summed E-state index contributed by atoms with van der Waals surface area (Å²) in [6.45, 7) is 9.72. The third-order valence-electron chi connectivity index (χ3n) is 5.75. The molecule has 0 heterocycles. The Morgan fingerprint density at radius 1 is 0.960 bits per heavy atom.